The molecule has 0 atom stereocenters. The van der Waals surface area contributed by atoms with Crippen molar-refractivity contribution in [2.45, 2.75) is 0 Å². The highest BCUT2D eigenvalue weighted by Crippen LogP contribution is 2.58. The number of rotatable bonds is 11. The van der Waals surface area contributed by atoms with Crippen LogP contribution in [0.5, 0.6) is 23.0 Å². The highest BCUT2D eigenvalue weighted by Gasteiger charge is 2.30. The van der Waals surface area contributed by atoms with E-state index in [4.69, 9.17) is 18.9 Å². The summed E-state index contributed by atoms with van der Waals surface area (Å²) in [7, 11) is 6.92. The summed E-state index contributed by atoms with van der Waals surface area (Å²) in [6.07, 6.45) is 0. The predicted octanol–water partition coefficient (Wildman–Crippen LogP) is 19.7. The van der Waals surface area contributed by atoms with Gasteiger partial charge in [0.25, 0.3) is 0 Å². The van der Waals surface area contributed by atoms with E-state index in [0.29, 0.717) is 23.0 Å². The Labute approximate surface area is 453 Å². The van der Waals surface area contributed by atoms with Gasteiger partial charge < -0.3 is 18.9 Å². The topological polar surface area (TPSA) is 36.9 Å². The van der Waals surface area contributed by atoms with E-state index in [2.05, 4.69) is 237 Å². The first kappa shape index (κ1) is 46.6. The maximum atomic E-state index is 6.46. The molecule has 0 aliphatic carbocycles. The minimum absolute atomic E-state index is 0.654. The van der Waals surface area contributed by atoms with Gasteiger partial charge in [-0.25, -0.2) is 0 Å². The van der Waals surface area contributed by atoms with Crippen LogP contribution in [-0.2, 0) is 0 Å². The first-order valence-electron chi connectivity index (χ1n) is 26.4. The smallest absolute Gasteiger partial charge is 0.169 e. The van der Waals surface area contributed by atoms with Crippen LogP contribution < -0.4 is 18.9 Å². The first-order chi connectivity index (χ1) is 38.6. The summed E-state index contributed by atoms with van der Waals surface area (Å²) >= 11 is 0. The van der Waals surface area contributed by atoms with Gasteiger partial charge in [0.05, 0.1) is 28.4 Å². The number of ether oxygens (including phenoxy) is 4. The lowest BCUT2D eigenvalue weighted by atomic mass is 9.76. The standard InChI is InChI=1S/C74H52O4/c1-75-71-59-41-53(46-25-13-6-14-26-46)42-60-67(59)68-61(73(71)77-3)43-54(44-62(68)74(78-4)72(60)76-2)52-36-38-56-55-37-35-51(45-23-11-5-12-24-45)39-57(55)69-65(49-31-19-9-20-32-49)63(47-27-15-7-16-28-47)64(48-29-17-8-18-30-48)66(70(69)58(56)40-52)50-33-21-10-22-34-50/h5-44H,1-4H3. The number of hydrogen-bond donors (Lipinski definition) is 0. The van der Waals surface area contributed by atoms with Gasteiger partial charge in [-0.05, 0) is 147 Å². The highest BCUT2D eigenvalue weighted by atomic mass is 16.5. The molecule has 14 aromatic carbocycles. The van der Waals surface area contributed by atoms with Gasteiger partial charge in [-0.2, -0.15) is 0 Å². The van der Waals surface area contributed by atoms with E-state index in [1.165, 1.54) is 49.4 Å². The number of methoxy groups -OCH3 is 4. The number of hydrogen-bond acceptors (Lipinski definition) is 4. The minimum atomic E-state index is 0.654. The second-order valence-corrected chi connectivity index (χ2v) is 20.0. The molecule has 78 heavy (non-hydrogen) atoms. The molecule has 0 saturated carbocycles. The molecule has 0 unspecified atom stereocenters. The van der Waals surface area contributed by atoms with Crippen LogP contribution in [0.3, 0.4) is 0 Å². The molecule has 0 aliphatic rings. The van der Waals surface area contributed by atoms with Gasteiger partial charge in [0.1, 0.15) is 0 Å². The quantitative estimate of drug-likeness (QED) is 0.121. The summed E-state index contributed by atoms with van der Waals surface area (Å²) in [4.78, 5) is 0. The van der Waals surface area contributed by atoms with E-state index in [9.17, 15) is 0 Å². The van der Waals surface area contributed by atoms with E-state index >= 15 is 0 Å². The summed E-state index contributed by atoms with van der Waals surface area (Å²) in [5.41, 5.74) is 15.8. The normalized spacial score (nSPS) is 11.6. The van der Waals surface area contributed by atoms with Crippen molar-refractivity contribution in [1.82, 2.24) is 0 Å². The summed E-state index contributed by atoms with van der Waals surface area (Å²) in [5, 5.41) is 12.8. The summed E-state index contributed by atoms with van der Waals surface area (Å²) in [5.74, 6) is 2.63. The van der Waals surface area contributed by atoms with Crippen LogP contribution in [0.1, 0.15) is 0 Å². The van der Waals surface area contributed by atoms with Crippen molar-refractivity contribution in [3.05, 3.63) is 243 Å². The Hall–Kier alpha value is -9.90. The molecule has 0 saturated heterocycles. The molecule has 14 aromatic rings. The van der Waals surface area contributed by atoms with E-state index in [0.717, 1.165) is 93.2 Å². The van der Waals surface area contributed by atoms with Gasteiger partial charge in [0.2, 0.25) is 0 Å². The SMILES string of the molecule is COc1c(OC)c2cc(-c3ccc4c5ccc(-c6ccccc6)cc5c5c(-c6ccccc6)c(-c6ccccc6)c(-c6ccccc6)c(-c6ccccc6)c5c4c3)cc3c(OC)c(OC)c4cc(-c5ccccc5)cc1c4c23. The molecule has 0 fully saturated rings. The van der Waals surface area contributed by atoms with Gasteiger partial charge in [-0.3, -0.25) is 0 Å². The lowest BCUT2D eigenvalue weighted by Crippen LogP contribution is -2.00. The van der Waals surface area contributed by atoms with Crippen LogP contribution in [-0.4, -0.2) is 28.4 Å². The Morgan fingerprint density at radius 2 is 0.423 bits per heavy atom. The zero-order chi connectivity index (χ0) is 52.4. The third-order valence-corrected chi connectivity index (χ3v) is 15.9. The fourth-order valence-electron chi connectivity index (χ4n) is 12.6. The molecule has 0 heterocycles. The van der Waals surface area contributed by atoms with E-state index < -0.39 is 0 Å². The van der Waals surface area contributed by atoms with Crippen LogP contribution in [0.4, 0.5) is 0 Å². The Balaban J connectivity index is 1.18. The molecule has 4 heteroatoms. The number of fused-ring (bicyclic) bond motifs is 6. The minimum Gasteiger partial charge on any atom is -0.492 e. The van der Waals surface area contributed by atoms with Gasteiger partial charge in [0.15, 0.2) is 23.0 Å². The van der Waals surface area contributed by atoms with Crippen LogP contribution in [0.2, 0.25) is 0 Å². The Morgan fingerprint density at radius 1 is 0.179 bits per heavy atom. The van der Waals surface area contributed by atoms with E-state index in [1.54, 1.807) is 28.4 Å². The average Bonchev–Trinajstić information content (AvgIpc) is 3.68. The predicted molar refractivity (Wildman–Crippen MR) is 327 cm³/mol. The average molecular weight is 1010 g/mol. The zero-order valence-electron chi connectivity index (χ0n) is 43.7. The fourth-order valence-corrected chi connectivity index (χ4v) is 12.6. The first-order valence-corrected chi connectivity index (χ1v) is 26.4. The molecule has 0 radical (unpaired) electrons. The summed E-state index contributed by atoms with van der Waals surface area (Å²) in [6.45, 7) is 0. The molecule has 0 N–H and O–H groups in total. The van der Waals surface area contributed by atoms with Gasteiger partial charge in [0, 0.05) is 32.3 Å². The van der Waals surface area contributed by atoms with Crippen molar-refractivity contribution in [3.63, 3.8) is 0 Å². The lowest BCUT2D eigenvalue weighted by Gasteiger charge is -2.27. The molecule has 0 aliphatic heterocycles. The molecule has 0 amide bonds. The molecule has 0 aromatic heterocycles. The highest BCUT2D eigenvalue weighted by molar-refractivity contribution is 6.36. The van der Waals surface area contributed by atoms with Crippen molar-refractivity contribution < 1.29 is 18.9 Å². The Bertz CT molecular complexity index is 4510. The van der Waals surface area contributed by atoms with Gasteiger partial charge in [-0.1, -0.05) is 206 Å². The van der Waals surface area contributed by atoms with Gasteiger partial charge in [-0.15, -0.1) is 0 Å². The Morgan fingerprint density at radius 3 is 0.731 bits per heavy atom. The van der Waals surface area contributed by atoms with Crippen molar-refractivity contribution in [1.29, 1.82) is 0 Å². The molecule has 14 rings (SSSR count). The zero-order valence-corrected chi connectivity index (χ0v) is 43.7. The molecular formula is C74H52O4. The second-order valence-electron chi connectivity index (χ2n) is 20.0. The largest absolute Gasteiger partial charge is 0.492 e. The molecular weight excluding hydrogens is 953 g/mol. The third-order valence-electron chi connectivity index (χ3n) is 15.9. The maximum Gasteiger partial charge on any atom is 0.169 e. The van der Waals surface area contributed by atoms with Crippen LogP contribution in [0.25, 0.3) is 143 Å². The van der Waals surface area contributed by atoms with Crippen LogP contribution in [0.15, 0.2) is 243 Å². The van der Waals surface area contributed by atoms with Crippen molar-refractivity contribution in [3.8, 4) is 101 Å². The molecule has 372 valence electrons. The van der Waals surface area contributed by atoms with Gasteiger partial charge >= 0.3 is 0 Å². The monoisotopic (exact) mass is 1000 g/mol. The third kappa shape index (κ3) is 7.28. The number of benzene rings is 14. The summed E-state index contributed by atoms with van der Waals surface area (Å²) < 4.78 is 25.7. The van der Waals surface area contributed by atoms with Crippen molar-refractivity contribution >= 4 is 64.6 Å². The molecule has 4 nitrogen and oxygen atoms in total. The lowest BCUT2D eigenvalue weighted by molar-refractivity contribution is 0.360. The second kappa shape index (κ2) is 19.0. The van der Waals surface area contributed by atoms with Crippen molar-refractivity contribution in [2.75, 3.05) is 28.4 Å². The fraction of sp³-hybridized carbons (Fsp3) is 0.0541. The molecule has 0 spiro atoms. The maximum absolute atomic E-state index is 6.46. The summed E-state index contributed by atoms with van der Waals surface area (Å²) in [6, 6.07) is 88.2. The Kier molecular flexibility index (Phi) is 11.4. The van der Waals surface area contributed by atoms with Crippen LogP contribution in [0, 0.1) is 0 Å². The van der Waals surface area contributed by atoms with E-state index in [-0.39, 0.29) is 0 Å². The van der Waals surface area contributed by atoms with Crippen LogP contribution >= 0.6 is 0 Å². The van der Waals surface area contributed by atoms with Crippen molar-refractivity contribution in [2.24, 2.45) is 0 Å². The molecule has 0 bridgehead atoms. The van der Waals surface area contributed by atoms with E-state index in [1.807, 2.05) is 6.07 Å².